The average Bonchev–Trinajstić information content (AvgIpc) is 3.06. The minimum Gasteiger partial charge on any atom is -0.345 e. The molecule has 0 fully saturated rings. The van der Waals surface area contributed by atoms with Crippen LogP contribution in [0.25, 0.3) is 10.9 Å². The molecule has 2 N–H and O–H groups in total. The Balaban J connectivity index is 1.86. The van der Waals surface area contributed by atoms with Crippen molar-refractivity contribution in [1.29, 1.82) is 0 Å². The topological polar surface area (TPSA) is 75.6 Å². The fourth-order valence-corrected chi connectivity index (χ4v) is 2.45. The minimum atomic E-state index is -0.124. The molecule has 1 aromatic carbocycles. The number of benzene rings is 1. The third-order valence-electron chi connectivity index (χ3n) is 3.81. The van der Waals surface area contributed by atoms with Crippen LogP contribution in [0.2, 0.25) is 0 Å². The molecular formula is C15H17N5O. The number of H-pyrrole nitrogens is 1. The summed E-state index contributed by atoms with van der Waals surface area (Å²) < 4.78 is 1.80. The van der Waals surface area contributed by atoms with Gasteiger partial charge in [0.25, 0.3) is 5.91 Å². The Morgan fingerprint density at radius 3 is 2.90 bits per heavy atom. The standard InChI is InChI=1S/C15H17N5O/c1-9(13-8-17-20(3)10(13)2)18-15(21)12-6-4-5-11-7-16-19-14(11)12/h4-9H,1-3H3,(H,16,19)(H,18,21). The van der Waals surface area contributed by atoms with Crippen molar-refractivity contribution < 1.29 is 4.79 Å². The summed E-state index contributed by atoms with van der Waals surface area (Å²) in [5, 5.41) is 15.0. The molecule has 0 saturated carbocycles. The first-order valence-corrected chi connectivity index (χ1v) is 6.79. The lowest BCUT2D eigenvalue weighted by atomic mass is 10.1. The Labute approximate surface area is 122 Å². The van der Waals surface area contributed by atoms with E-state index < -0.39 is 0 Å². The summed E-state index contributed by atoms with van der Waals surface area (Å²) in [4.78, 5) is 12.5. The molecule has 3 aromatic rings. The van der Waals surface area contributed by atoms with Crippen molar-refractivity contribution in [3.8, 4) is 0 Å². The summed E-state index contributed by atoms with van der Waals surface area (Å²) in [5.74, 6) is -0.124. The summed E-state index contributed by atoms with van der Waals surface area (Å²) in [6, 6.07) is 5.46. The second-order valence-electron chi connectivity index (χ2n) is 5.14. The largest absolute Gasteiger partial charge is 0.345 e. The Bertz CT molecular complexity index is 801. The van der Waals surface area contributed by atoms with E-state index in [4.69, 9.17) is 0 Å². The number of aromatic amines is 1. The first-order chi connectivity index (χ1) is 10.1. The van der Waals surface area contributed by atoms with Gasteiger partial charge in [0.15, 0.2) is 0 Å². The lowest BCUT2D eigenvalue weighted by Gasteiger charge is -2.14. The van der Waals surface area contributed by atoms with Gasteiger partial charge >= 0.3 is 0 Å². The van der Waals surface area contributed by atoms with Crippen LogP contribution in [0.1, 0.15) is 34.6 Å². The molecule has 0 bridgehead atoms. The van der Waals surface area contributed by atoms with E-state index in [1.807, 2.05) is 33.0 Å². The van der Waals surface area contributed by atoms with Crippen molar-refractivity contribution in [3.05, 3.63) is 47.4 Å². The number of aromatic nitrogens is 4. The molecule has 2 heterocycles. The monoisotopic (exact) mass is 283 g/mol. The Morgan fingerprint density at radius 1 is 1.38 bits per heavy atom. The zero-order valence-electron chi connectivity index (χ0n) is 12.2. The summed E-state index contributed by atoms with van der Waals surface area (Å²) in [7, 11) is 1.89. The average molecular weight is 283 g/mol. The number of hydrogen-bond acceptors (Lipinski definition) is 3. The van der Waals surface area contributed by atoms with E-state index in [2.05, 4.69) is 20.6 Å². The number of carbonyl (C=O) groups excluding carboxylic acids is 1. The third-order valence-corrected chi connectivity index (χ3v) is 3.81. The molecule has 0 saturated heterocycles. The van der Waals surface area contributed by atoms with Crippen LogP contribution in [0.5, 0.6) is 0 Å². The van der Waals surface area contributed by atoms with Crippen LogP contribution < -0.4 is 5.32 Å². The van der Waals surface area contributed by atoms with E-state index in [-0.39, 0.29) is 11.9 Å². The van der Waals surface area contributed by atoms with Crippen LogP contribution >= 0.6 is 0 Å². The van der Waals surface area contributed by atoms with Crippen molar-refractivity contribution in [2.45, 2.75) is 19.9 Å². The zero-order valence-corrected chi connectivity index (χ0v) is 12.2. The molecule has 3 rings (SSSR count). The van der Waals surface area contributed by atoms with E-state index in [0.717, 1.165) is 22.2 Å². The Morgan fingerprint density at radius 2 is 2.19 bits per heavy atom. The molecule has 2 aromatic heterocycles. The molecule has 6 nitrogen and oxygen atoms in total. The zero-order chi connectivity index (χ0) is 15.0. The highest BCUT2D eigenvalue weighted by Gasteiger charge is 2.17. The number of para-hydroxylation sites is 1. The second kappa shape index (κ2) is 5.05. The fraction of sp³-hybridized carbons (Fsp3) is 0.267. The van der Waals surface area contributed by atoms with E-state index >= 15 is 0 Å². The highest BCUT2D eigenvalue weighted by Crippen LogP contribution is 2.19. The van der Waals surface area contributed by atoms with Crippen molar-refractivity contribution in [2.75, 3.05) is 0 Å². The van der Waals surface area contributed by atoms with Gasteiger partial charge < -0.3 is 5.32 Å². The number of hydrogen-bond donors (Lipinski definition) is 2. The van der Waals surface area contributed by atoms with Gasteiger partial charge in [-0.15, -0.1) is 0 Å². The number of rotatable bonds is 3. The predicted molar refractivity (Wildman–Crippen MR) is 79.9 cm³/mol. The van der Waals surface area contributed by atoms with Crippen LogP contribution in [0.15, 0.2) is 30.6 Å². The maximum absolute atomic E-state index is 12.5. The molecule has 0 aliphatic heterocycles. The molecule has 6 heteroatoms. The molecule has 1 unspecified atom stereocenters. The summed E-state index contributed by atoms with van der Waals surface area (Å²) >= 11 is 0. The number of nitrogens with zero attached hydrogens (tertiary/aromatic N) is 3. The maximum atomic E-state index is 12.5. The maximum Gasteiger partial charge on any atom is 0.253 e. The van der Waals surface area contributed by atoms with Crippen LogP contribution in [-0.4, -0.2) is 25.9 Å². The fourth-order valence-electron chi connectivity index (χ4n) is 2.45. The van der Waals surface area contributed by atoms with E-state index in [0.29, 0.717) is 5.56 Å². The quantitative estimate of drug-likeness (QED) is 0.773. The molecule has 1 amide bonds. The van der Waals surface area contributed by atoms with Crippen molar-refractivity contribution in [2.24, 2.45) is 7.05 Å². The lowest BCUT2D eigenvalue weighted by molar-refractivity contribution is 0.0941. The number of fused-ring (bicyclic) bond motifs is 1. The Hall–Kier alpha value is -2.63. The molecule has 108 valence electrons. The molecule has 21 heavy (non-hydrogen) atoms. The predicted octanol–water partition coefficient (Wildman–Crippen LogP) is 2.10. The van der Waals surface area contributed by atoms with E-state index in [1.165, 1.54) is 0 Å². The van der Waals surface area contributed by atoms with Gasteiger partial charge in [0.1, 0.15) is 0 Å². The number of nitrogens with one attached hydrogen (secondary N) is 2. The summed E-state index contributed by atoms with van der Waals surface area (Å²) in [5.41, 5.74) is 3.41. The number of amides is 1. The van der Waals surface area contributed by atoms with Gasteiger partial charge in [-0.3, -0.25) is 14.6 Å². The van der Waals surface area contributed by atoms with Crippen LogP contribution in [-0.2, 0) is 7.05 Å². The molecule has 0 aliphatic rings. The van der Waals surface area contributed by atoms with Crippen molar-refractivity contribution in [1.82, 2.24) is 25.3 Å². The number of carbonyl (C=O) groups is 1. The van der Waals surface area contributed by atoms with Gasteiger partial charge in [-0.05, 0) is 19.9 Å². The third kappa shape index (κ3) is 2.29. The van der Waals surface area contributed by atoms with E-state index in [9.17, 15) is 4.79 Å². The second-order valence-corrected chi connectivity index (χ2v) is 5.14. The van der Waals surface area contributed by atoms with Crippen LogP contribution in [0.4, 0.5) is 0 Å². The van der Waals surface area contributed by atoms with Gasteiger partial charge in [0.2, 0.25) is 0 Å². The first kappa shape index (κ1) is 13.4. The van der Waals surface area contributed by atoms with E-state index in [1.54, 1.807) is 23.1 Å². The van der Waals surface area contributed by atoms with Crippen LogP contribution in [0.3, 0.4) is 0 Å². The summed E-state index contributed by atoms with van der Waals surface area (Å²) in [6.45, 7) is 3.94. The molecule has 1 atom stereocenters. The molecular weight excluding hydrogens is 266 g/mol. The minimum absolute atomic E-state index is 0.107. The van der Waals surface area contributed by atoms with Crippen molar-refractivity contribution >= 4 is 16.8 Å². The van der Waals surface area contributed by atoms with Gasteiger partial charge in [-0.2, -0.15) is 10.2 Å². The van der Waals surface area contributed by atoms with Gasteiger partial charge in [0, 0.05) is 23.7 Å². The highest BCUT2D eigenvalue weighted by atomic mass is 16.1. The molecule has 0 spiro atoms. The van der Waals surface area contributed by atoms with Gasteiger partial charge in [-0.25, -0.2) is 0 Å². The normalized spacial score (nSPS) is 12.5. The summed E-state index contributed by atoms with van der Waals surface area (Å²) in [6.07, 6.45) is 3.50. The lowest BCUT2D eigenvalue weighted by Crippen LogP contribution is -2.27. The SMILES string of the molecule is Cc1c(C(C)NC(=O)c2cccc3cn[nH]c23)cnn1C. The Kier molecular flexibility index (Phi) is 3.21. The van der Waals surface area contributed by atoms with Crippen molar-refractivity contribution in [3.63, 3.8) is 0 Å². The number of aryl methyl sites for hydroxylation is 1. The highest BCUT2D eigenvalue weighted by molar-refractivity contribution is 6.05. The first-order valence-electron chi connectivity index (χ1n) is 6.79. The smallest absolute Gasteiger partial charge is 0.253 e. The van der Waals surface area contributed by atoms with Crippen LogP contribution in [0, 0.1) is 6.92 Å². The molecule has 0 aliphatic carbocycles. The molecule has 0 radical (unpaired) electrons. The van der Waals surface area contributed by atoms with Gasteiger partial charge in [0.05, 0.1) is 29.5 Å². The van der Waals surface area contributed by atoms with Gasteiger partial charge in [-0.1, -0.05) is 12.1 Å².